The van der Waals surface area contributed by atoms with Gasteiger partial charge in [0.1, 0.15) is 9.84 Å². The third kappa shape index (κ3) is 4.13. The van der Waals surface area contributed by atoms with E-state index in [1.807, 2.05) is 0 Å². The van der Waals surface area contributed by atoms with E-state index >= 15 is 0 Å². The van der Waals surface area contributed by atoms with Crippen molar-refractivity contribution >= 4 is 15.7 Å². The number of aromatic nitrogens is 2. The van der Waals surface area contributed by atoms with Gasteiger partial charge in [0.2, 0.25) is 5.88 Å². The van der Waals surface area contributed by atoms with Crippen molar-refractivity contribution in [3.63, 3.8) is 0 Å². The molecule has 21 heavy (non-hydrogen) atoms. The van der Waals surface area contributed by atoms with Crippen molar-refractivity contribution < 1.29 is 17.9 Å². The van der Waals surface area contributed by atoms with Gasteiger partial charge in [0.25, 0.3) is 5.91 Å². The third-order valence-electron chi connectivity index (χ3n) is 3.26. The van der Waals surface area contributed by atoms with Gasteiger partial charge in [-0.25, -0.2) is 8.42 Å². The van der Waals surface area contributed by atoms with Crippen LogP contribution in [0.1, 0.15) is 30.3 Å². The summed E-state index contributed by atoms with van der Waals surface area (Å²) in [7, 11) is -1.68. The van der Waals surface area contributed by atoms with E-state index in [2.05, 4.69) is 10.2 Å². The number of carbonyl (C=O) groups is 1. The van der Waals surface area contributed by atoms with Crippen LogP contribution in [0, 0.1) is 0 Å². The first-order valence-corrected chi connectivity index (χ1v) is 8.76. The molecule has 0 spiro atoms. The minimum atomic E-state index is -3.15. The Morgan fingerprint density at radius 3 is 2.52 bits per heavy atom. The normalized spacial score (nSPS) is 16.3. The molecule has 116 valence electrons. The summed E-state index contributed by atoms with van der Waals surface area (Å²) >= 11 is 0. The number of sulfone groups is 1. The zero-order chi connectivity index (χ0) is 15.6. The smallest absolute Gasteiger partial charge is 0.274 e. The lowest BCUT2D eigenvalue weighted by atomic mass is 10.2. The van der Waals surface area contributed by atoms with Crippen LogP contribution >= 0.6 is 0 Å². The molecule has 1 aliphatic rings. The molecule has 1 fully saturated rings. The first kappa shape index (κ1) is 15.7. The van der Waals surface area contributed by atoms with E-state index in [1.165, 1.54) is 19.4 Å². The number of methoxy groups -OCH3 is 1. The Morgan fingerprint density at radius 1 is 1.43 bits per heavy atom. The number of hydrogen-bond acceptors (Lipinski definition) is 6. The fourth-order valence-electron chi connectivity index (χ4n) is 2.27. The highest BCUT2D eigenvalue weighted by molar-refractivity contribution is 7.90. The van der Waals surface area contributed by atoms with Crippen molar-refractivity contribution in [2.75, 3.05) is 19.1 Å². The molecule has 8 heteroatoms. The van der Waals surface area contributed by atoms with E-state index in [1.54, 1.807) is 17.9 Å². The molecular formula is C13H19N3O4S. The number of hydrogen-bond donors (Lipinski definition) is 0. The van der Waals surface area contributed by atoms with Crippen molar-refractivity contribution in [3.8, 4) is 5.88 Å². The van der Waals surface area contributed by atoms with Crippen LogP contribution in [0.15, 0.2) is 12.1 Å². The Balaban J connectivity index is 2.19. The van der Waals surface area contributed by atoms with Gasteiger partial charge in [-0.3, -0.25) is 4.79 Å². The minimum Gasteiger partial charge on any atom is -0.480 e. The van der Waals surface area contributed by atoms with E-state index in [9.17, 15) is 13.2 Å². The van der Waals surface area contributed by atoms with Gasteiger partial charge in [-0.2, -0.15) is 0 Å². The molecule has 1 aromatic rings. The molecule has 1 unspecified atom stereocenters. The highest BCUT2D eigenvalue weighted by Crippen LogP contribution is 2.30. The monoisotopic (exact) mass is 313 g/mol. The van der Waals surface area contributed by atoms with Crippen LogP contribution in [0.2, 0.25) is 0 Å². The summed E-state index contributed by atoms with van der Waals surface area (Å²) in [5.74, 6) is -0.0174. The fourth-order valence-corrected chi connectivity index (χ4v) is 3.31. The Labute approximate surface area is 124 Å². The standard InChI is InChI=1S/C13H19N3O4S/c1-9(8-21(3,18)19)16(10-4-5-10)13(17)11-6-7-12(20-2)15-14-11/h6-7,9-10H,4-5,8H2,1-3H3. The molecule has 0 N–H and O–H groups in total. The number of amides is 1. The highest BCUT2D eigenvalue weighted by atomic mass is 32.2. The molecule has 7 nitrogen and oxygen atoms in total. The molecule has 1 atom stereocenters. The molecule has 0 radical (unpaired) electrons. The molecule has 0 aliphatic heterocycles. The Morgan fingerprint density at radius 2 is 2.10 bits per heavy atom. The van der Waals surface area contributed by atoms with Crippen LogP contribution in [0.5, 0.6) is 5.88 Å². The predicted octanol–water partition coefficient (Wildman–Crippen LogP) is 0.523. The summed E-state index contributed by atoms with van der Waals surface area (Å²) in [6.07, 6.45) is 2.96. The maximum absolute atomic E-state index is 12.5. The van der Waals surface area contributed by atoms with E-state index in [4.69, 9.17) is 4.74 Å². The van der Waals surface area contributed by atoms with E-state index in [-0.39, 0.29) is 29.4 Å². The van der Waals surface area contributed by atoms with Crippen LogP contribution in [-0.2, 0) is 9.84 Å². The fraction of sp³-hybridized carbons (Fsp3) is 0.615. The quantitative estimate of drug-likeness (QED) is 0.761. The zero-order valence-electron chi connectivity index (χ0n) is 12.3. The average molecular weight is 313 g/mol. The van der Waals surface area contributed by atoms with Crippen molar-refractivity contribution in [1.29, 1.82) is 0 Å². The van der Waals surface area contributed by atoms with Gasteiger partial charge in [-0.15, -0.1) is 10.2 Å². The van der Waals surface area contributed by atoms with Crippen LogP contribution < -0.4 is 4.74 Å². The summed E-state index contributed by atoms with van der Waals surface area (Å²) in [6.45, 7) is 1.74. The van der Waals surface area contributed by atoms with Crippen molar-refractivity contribution in [1.82, 2.24) is 15.1 Å². The summed E-state index contributed by atoms with van der Waals surface area (Å²) in [5.41, 5.74) is 0.197. The molecule has 1 saturated carbocycles. The molecule has 0 bridgehead atoms. The molecule has 1 amide bonds. The molecule has 1 aromatic heterocycles. The zero-order valence-corrected chi connectivity index (χ0v) is 13.1. The lowest BCUT2D eigenvalue weighted by Crippen LogP contribution is -2.44. The van der Waals surface area contributed by atoms with E-state index in [0.717, 1.165) is 12.8 Å². The van der Waals surface area contributed by atoms with Gasteiger partial charge in [0.15, 0.2) is 5.69 Å². The van der Waals surface area contributed by atoms with Crippen LogP contribution in [0.25, 0.3) is 0 Å². The maximum atomic E-state index is 12.5. The minimum absolute atomic E-state index is 0.0567. The van der Waals surface area contributed by atoms with Gasteiger partial charge in [-0.1, -0.05) is 0 Å². The van der Waals surface area contributed by atoms with Gasteiger partial charge < -0.3 is 9.64 Å². The topological polar surface area (TPSA) is 89.5 Å². The predicted molar refractivity (Wildman–Crippen MR) is 76.9 cm³/mol. The lowest BCUT2D eigenvalue weighted by Gasteiger charge is -2.28. The number of rotatable bonds is 6. The van der Waals surface area contributed by atoms with Gasteiger partial charge >= 0.3 is 0 Å². The first-order chi connectivity index (χ1) is 9.81. The molecule has 0 aromatic carbocycles. The first-order valence-electron chi connectivity index (χ1n) is 6.70. The second-order valence-electron chi connectivity index (χ2n) is 5.35. The second kappa shape index (κ2) is 5.97. The van der Waals surface area contributed by atoms with Crippen molar-refractivity contribution in [3.05, 3.63) is 17.8 Å². The Bertz CT molecular complexity index is 611. The molecule has 1 aliphatic carbocycles. The molecule has 1 heterocycles. The molecule has 2 rings (SSSR count). The van der Waals surface area contributed by atoms with Crippen LogP contribution in [-0.4, -0.2) is 60.6 Å². The molecular weight excluding hydrogens is 294 g/mol. The summed E-state index contributed by atoms with van der Waals surface area (Å²) in [5, 5.41) is 7.62. The third-order valence-corrected chi connectivity index (χ3v) is 4.35. The van der Waals surface area contributed by atoms with Crippen LogP contribution in [0.3, 0.4) is 0 Å². The average Bonchev–Trinajstić information content (AvgIpc) is 3.21. The Kier molecular flexibility index (Phi) is 4.46. The SMILES string of the molecule is COc1ccc(C(=O)N(C(C)CS(C)(=O)=O)C2CC2)nn1. The van der Waals surface area contributed by atoms with Crippen molar-refractivity contribution in [2.24, 2.45) is 0 Å². The number of ether oxygens (including phenoxy) is 1. The summed E-state index contributed by atoms with van der Waals surface area (Å²) in [4.78, 5) is 14.1. The number of carbonyl (C=O) groups excluding carboxylic acids is 1. The summed E-state index contributed by atoms with van der Waals surface area (Å²) in [6, 6.07) is 2.81. The van der Waals surface area contributed by atoms with Crippen LogP contribution in [0.4, 0.5) is 0 Å². The second-order valence-corrected chi connectivity index (χ2v) is 7.53. The number of nitrogens with zero attached hydrogens (tertiary/aromatic N) is 3. The van der Waals surface area contributed by atoms with Gasteiger partial charge in [0.05, 0.1) is 12.9 Å². The van der Waals surface area contributed by atoms with Gasteiger partial charge in [0, 0.05) is 24.4 Å². The lowest BCUT2D eigenvalue weighted by molar-refractivity contribution is 0.0685. The largest absolute Gasteiger partial charge is 0.480 e. The summed E-state index contributed by atoms with van der Waals surface area (Å²) < 4.78 is 27.8. The Hall–Kier alpha value is -1.70. The maximum Gasteiger partial charge on any atom is 0.274 e. The van der Waals surface area contributed by atoms with Crippen molar-refractivity contribution in [2.45, 2.75) is 31.8 Å². The molecule has 0 saturated heterocycles. The van der Waals surface area contributed by atoms with E-state index < -0.39 is 9.84 Å². The van der Waals surface area contributed by atoms with E-state index in [0.29, 0.717) is 5.88 Å². The highest BCUT2D eigenvalue weighted by Gasteiger charge is 2.37. The van der Waals surface area contributed by atoms with Gasteiger partial charge in [-0.05, 0) is 25.8 Å².